The van der Waals surface area contributed by atoms with E-state index in [2.05, 4.69) is 15.0 Å². The maximum Gasteiger partial charge on any atom is 0.403 e. The second-order valence-corrected chi connectivity index (χ2v) is 9.58. The van der Waals surface area contributed by atoms with Crippen LogP contribution in [0.3, 0.4) is 0 Å². The Labute approximate surface area is 201 Å². The number of aliphatic hydroxyl groups is 6. The van der Waals surface area contributed by atoms with Gasteiger partial charge in [-0.1, -0.05) is 0 Å². The van der Waals surface area contributed by atoms with E-state index in [0.717, 1.165) is 10.9 Å². The van der Waals surface area contributed by atoms with Gasteiger partial charge in [0.25, 0.3) is 5.56 Å². The summed E-state index contributed by atoms with van der Waals surface area (Å²) in [7, 11) is -4.81. The topological polar surface area (TPSA) is 323 Å². The van der Waals surface area contributed by atoms with Gasteiger partial charge in [0.2, 0.25) is 5.95 Å². The number of nitrogens with one attached hydrogen (secondary N) is 2. The Bertz CT molecular complexity index is 1160. The van der Waals surface area contributed by atoms with Crippen molar-refractivity contribution in [1.82, 2.24) is 30.8 Å². The first-order valence-corrected chi connectivity index (χ1v) is 11.8. The number of ether oxygens (including phenoxy) is 2. The van der Waals surface area contributed by atoms with E-state index in [1.807, 2.05) is 5.09 Å². The van der Waals surface area contributed by atoms with Crippen LogP contribution in [0.2, 0.25) is 0 Å². The van der Waals surface area contributed by atoms with Crippen LogP contribution < -0.4 is 22.5 Å². The van der Waals surface area contributed by atoms with Gasteiger partial charge in [0, 0.05) is 0 Å². The highest BCUT2D eigenvalue weighted by molar-refractivity contribution is 7.50. The first-order valence-electron chi connectivity index (χ1n) is 10.2. The molecule has 2 aliphatic heterocycles. The highest BCUT2D eigenvalue weighted by atomic mass is 31.2. The van der Waals surface area contributed by atoms with Crippen LogP contribution in [-0.2, 0) is 18.6 Å². The Morgan fingerprint density at radius 1 is 1.14 bits per heavy atom. The summed E-state index contributed by atoms with van der Waals surface area (Å²) >= 11 is 0. The second kappa shape index (κ2) is 10.7. The molecule has 2 fully saturated rings. The number of imidazole rings is 1. The van der Waals surface area contributed by atoms with Crippen LogP contribution >= 0.6 is 7.75 Å². The SMILES string of the molecule is N.Nc1nc2c(ncn2[C@@H]2O[C@H](COP(=O)(O)N[C@H]3C(O)O[C@H](CO)[C@@H](O)[C@@H]3O)[C@@H](O)[C@H]2O)c(=O)[nH]1. The van der Waals surface area contributed by atoms with Crippen LogP contribution in [0.4, 0.5) is 5.95 Å². The fourth-order valence-electron chi connectivity index (χ4n) is 3.86. The lowest BCUT2D eigenvalue weighted by atomic mass is 9.98. The summed E-state index contributed by atoms with van der Waals surface area (Å²) in [6, 6.07) is -1.68. The number of aromatic nitrogens is 4. The van der Waals surface area contributed by atoms with Crippen molar-refractivity contribution in [3.63, 3.8) is 0 Å². The third-order valence-corrected chi connectivity index (χ3v) is 6.81. The molecule has 204 valence electrons. The average molecular weight is 541 g/mol. The van der Waals surface area contributed by atoms with Crippen molar-refractivity contribution in [2.24, 2.45) is 0 Å². The zero-order valence-electron chi connectivity index (χ0n) is 18.4. The molecule has 36 heavy (non-hydrogen) atoms. The summed E-state index contributed by atoms with van der Waals surface area (Å²) in [5.41, 5.74) is 4.75. The number of fused-ring (bicyclic) bond motifs is 1. The number of nitrogens with two attached hydrogens (primary N) is 1. The fourth-order valence-corrected chi connectivity index (χ4v) is 4.94. The molecule has 0 aromatic carbocycles. The zero-order valence-corrected chi connectivity index (χ0v) is 19.3. The molecule has 14 N–H and O–H groups in total. The minimum Gasteiger partial charge on any atom is -0.394 e. The number of hydrogen-bond donors (Lipinski definition) is 11. The summed E-state index contributed by atoms with van der Waals surface area (Å²) in [6.07, 6.45) is -11.4. The van der Waals surface area contributed by atoms with Crippen LogP contribution in [0.1, 0.15) is 6.23 Å². The van der Waals surface area contributed by atoms with Crippen LogP contribution in [-0.4, -0.2) is 117 Å². The summed E-state index contributed by atoms with van der Waals surface area (Å²) < 4.78 is 29.0. The lowest BCUT2D eigenvalue weighted by Crippen LogP contribution is -2.62. The number of aliphatic hydroxyl groups excluding tert-OH is 6. The van der Waals surface area contributed by atoms with Gasteiger partial charge in [-0.15, -0.1) is 0 Å². The minimum absolute atomic E-state index is 0. The number of hydrogen-bond acceptors (Lipinski definition) is 15. The molecule has 19 nitrogen and oxygen atoms in total. The van der Waals surface area contributed by atoms with E-state index >= 15 is 0 Å². The molecule has 0 spiro atoms. The summed E-state index contributed by atoms with van der Waals surface area (Å²) in [5, 5.41) is 61.8. The van der Waals surface area contributed by atoms with Crippen molar-refractivity contribution in [2.45, 2.75) is 55.2 Å². The number of rotatable bonds is 7. The van der Waals surface area contributed by atoms with Gasteiger partial charge in [-0.05, 0) is 0 Å². The molecule has 0 amide bonds. The summed E-state index contributed by atoms with van der Waals surface area (Å²) in [6.45, 7) is -1.47. The van der Waals surface area contributed by atoms with Gasteiger partial charge in [-0.25, -0.2) is 14.6 Å². The summed E-state index contributed by atoms with van der Waals surface area (Å²) in [4.78, 5) is 32.1. The highest BCUT2D eigenvalue weighted by Gasteiger charge is 2.48. The quantitative estimate of drug-likeness (QED) is 0.146. The molecule has 10 atom stereocenters. The van der Waals surface area contributed by atoms with Crippen molar-refractivity contribution in [2.75, 3.05) is 18.9 Å². The Hall–Kier alpha value is -2.10. The van der Waals surface area contributed by atoms with E-state index in [1.54, 1.807) is 0 Å². The van der Waals surface area contributed by atoms with E-state index in [-0.39, 0.29) is 23.3 Å². The molecule has 2 unspecified atom stereocenters. The molecule has 4 heterocycles. The lowest BCUT2D eigenvalue weighted by Gasteiger charge is -2.40. The van der Waals surface area contributed by atoms with Crippen molar-refractivity contribution < 1.29 is 54.1 Å². The van der Waals surface area contributed by atoms with Gasteiger partial charge in [0.05, 0.1) is 25.6 Å². The van der Waals surface area contributed by atoms with E-state index in [9.17, 15) is 39.8 Å². The molecule has 0 saturated carbocycles. The van der Waals surface area contributed by atoms with Gasteiger partial charge in [-0.2, -0.15) is 4.98 Å². The van der Waals surface area contributed by atoms with E-state index in [1.165, 1.54) is 0 Å². The Morgan fingerprint density at radius 2 is 1.81 bits per heavy atom. The number of anilines is 1. The van der Waals surface area contributed by atoms with Crippen molar-refractivity contribution in [3.05, 3.63) is 16.7 Å². The molecule has 0 aliphatic carbocycles. The molecule has 0 radical (unpaired) electrons. The first-order chi connectivity index (χ1) is 16.4. The van der Waals surface area contributed by atoms with Crippen LogP contribution in [0, 0.1) is 0 Å². The van der Waals surface area contributed by atoms with Gasteiger partial charge >= 0.3 is 7.75 Å². The standard InChI is InChI=1S/C16H25N6O12P.H3N/c17-16-19-12-7(13(28)20-16)18-3-22(12)14-11(27)9(25)5(33-14)2-32-35(30,31)21-6-10(26)8(24)4(1-23)34-15(6)29;/h3-6,8-11,14-15,23-27,29H,1-2H2,(H2,21,30,31)(H3,17,19,20,28);1H3/t4-,5-,6-,8-,9-,10-,11-,14-,15?;/m1./s1. The Balaban J connectivity index is 0.00000361. The zero-order chi connectivity index (χ0) is 25.7. The summed E-state index contributed by atoms with van der Waals surface area (Å²) in [5.74, 6) is -0.226. The van der Waals surface area contributed by atoms with Crippen LogP contribution in [0.15, 0.2) is 11.1 Å². The smallest absolute Gasteiger partial charge is 0.394 e. The van der Waals surface area contributed by atoms with E-state index < -0.39 is 81.7 Å². The van der Waals surface area contributed by atoms with Gasteiger partial charge in [0.1, 0.15) is 36.6 Å². The van der Waals surface area contributed by atoms with Crippen LogP contribution in [0.25, 0.3) is 11.2 Å². The molecule has 0 bridgehead atoms. The van der Waals surface area contributed by atoms with Crippen molar-refractivity contribution in [1.29, 1.82) is 0 Å². The molecular weight excluding hydrogens is 513 g/mol. The number of H-pyrrole nitrogens is 1. The fraction of sp³-hybridized carbons (Fsp3) is 0.688. The van der Waals surface area contributed by atoms with Gasteiger partial charge in [-0.3, -0.25) is 18.9 Å². The molecule has 2 saturated heterocycles. The van der Waals surface area contributed by atoms with Crippen LogP contribution in [0.5, 0.6) is 0 Å². The monoisotopic (exact) mass is 541 g/mol. The lowest BCUT2D eigenvalue weighted by molar-refractivity contribution is -0.252. The normalized spacial score (nSPS) is 36.5. The maximum atomic E-state index is 12.5. The third-order valence-electron chi connectivity index (χ3n) is 5.69. The third kappa shape index (κ3) is 5.29. The predicted molar refractivity (Wildman–Crippen MR) is 116 cm³/mol. The molecule has 2 aromatic rings. The number of nitrogens with zero attached hydrogens (tertiary/aromatic N) is 3. The van der Waals surface area contributed by atoms with Crippen molar-refractivity contribution >= 4 is 24.9 Å². The molecular formula is C16H28N7O12P. The van der Waals surface area contributed by atoms with Crippen molar-refractivity contribution in [3.8, 4) is 0 Å². The molecule has 2 aliphatic rings. The molecule has 4 rings (SSSR count). The largest absolute Gasteiger partial charge is 0.403 e. The number of aromatic amines is 1. The number of nitrogen functional groups attached to an aromatic ring is 1. The molecule has 20 heteroatoms. The highest BCUT2D eigenvalue weighted by Crippen LogP contribution is 2.41. The first kappa shape index (κ1) is 28.5. The molecule has 2 aromatic heterocycles. The average Bonchev–Trinajstić information content (AvgIpc) is 3.33. The van der Waals surface area contributed by atoms with E-state index in [4.69, 9.17) is 24.8 Å². The van der Waals surface area contributed by atoms with Gasteiger partial charge < -0.3 is 56.9 Å². The minimum atomic E-state index is -4.81. The maximum absolute atomic E-state index is 12.5. The second-order valence-electron chi connectivity index (χ2n) is 8.02. The predicted octanol–water partition coefficient (Wildman–Crippen LogP) is -5.01. The van der Waals surface area contributed by atoms with Gasteiger partial charge in [0.15, 0.2) is 23.7 Å². The van der Waals surface area contributed by atoms with E-state index in [0.29, 0.717) is 0 Å². The Kier molecular flexibility index (Phi) is 8.47. The Morgan fingerprint density at radius 3 is 2.47 bits per heavy atom.